The molecule has 130 valence electrons. The number of fused-ring (bicyclic) bond motifs is 1. The Labute approximate surface area is 141 Å². The molecule has 3 aromatic rings. The van der Waals surface area contributed by atoms with Crippen LogP contribution in [-0.2, 0) is 17.4 Å². The highest BCUT2D eigenvalue weighted by atomic mass is 19.4. The molecule has 1 aromatic carbocycles. The number of carbonyl (C=O) groups excluding carboxylic acids is 1. The van der Waals surface area contributed by atoms with Gasteiger partial charge in [0, 0.05) is 5.69 Å². The van der Waals surface area contributed by atoms with E-state index in [2.05, 4.69) is 20.3 Å². The number of amides is 1. The van der Waals surface area contributed by atoms with Gasteiger partial charge in [-0.2, -0.15) is 13.2 Å². The number of halogens is 3. The number of aromatic amines is 1. The fourth-order valence-electron chi connectivity index (χ4n) is 2.69. The lowest BCUT2D eigenvalue weighted by Gasteiger charge is -2.12. The summed E-state index contributed by atoms with van der Waals surface area (Å²) in [5.74, 6) is -0.295. The monoisotopic (exact) mass is 348 g/mol. The van der Waals surface area contributed by atoms with Crippen LogP contribution in [0.2, 0.25) is 0 Å². The van der Waals surface area contributed by atoms with Gasteiger partial charge in [-0.05, 0) is 31.0 Å². The zero-order chi connectivity index (χ0) is 18.2. The van der Waals surface area contributed by atoms with Crippen molar-refractivity contribution in [1.29, 1.82) is 0 Å². The summed E-state index contributed by atoms with van der Waals surface area (Å²) in [6.07, 6.45) is -3.62. The number of H-pyrrole nitrogens is 1. The van der Waals surface area contributed by atoms with Gasteiger partial charge >= 0.3 is 6.18 Å². The first-order valence-corrected chi connectivity index (χ1v) is 7.52. The molecule has 2 aromatic heterocycles. The third-order valence-corrected chi connectivity index (χ3v) is 4.02. The Morgan fingerprint density at radius 1 is 1.20 bits per heavy atom. The second kappa shape index (κ2) is 6.19. The van der Waals surface area contributed by atoms with Crippen molar-refractivity contribution < 1.29 is 18.0 Å². The Hall–Kier alpha value is -2.90. The van der Waals surface area contributed by atoms with E-state index in [0.29, 0.717) is 11.0 Å². The molecule has 0 bridgehead atoms. The van der Waals surface area contributed by atoms with Gasteiger partial charge in [0.25, 0.3) is 0 Å². The minimum Gasteiger partial charge on any atom is -0.343 e. The molecule has 0 aliphatic carbocycles. The van der Waals surface area contributed by atoms with Crippen molar-refractivity contribution in [1.82, 2.24) is 15.0 Å². The van der Waals surface area contributed by atoms with E-state index >= 15 is 0 Å². The van der Waals surface area contributed by atoms with E-state index in [0.717, 1.165) is 17.3 Å². The van der Waals surface area contributed by atoms with E-state index in [4.69, 9.17) is 0 Å². The number of anilines is 1. The smallest absolute Gasteiger partial charge is 0.343 e. The maximum absolute atomic E-state index is 13.0. The fourth-order valence-corrected chi connectivity index (χ4v) is 2.69. The summed E-state index contributed by atoms with van der Waals surface area (Å²) >= 11 is 0. The SMILES string of the molecule is Cc1[nH]c2ncnc(NC(=O)Cc3ccccc3C(F)(F)F)c2c1C. The maximum atomic E-state index is 13.0. The lowest BCUT2D eigenvalue weighted by Crippen LogP contribution is -2.18. The molecule has 0 aliphatic rings. The number of rotatable bonds is 3. The number of benzene rings is 1. The second-order valence-electron chi connectivity index (χ2n) is 5.70. The molecule has 8 heteroatoms. The third-order valence-electron chi connectivity index (χ3n) is 4.02. The number of aromatic nitrogens is 3. The van der Waals surface area contributed by atoms with Gasteiger partial charge in [-0.3, -0.25) is 4.79 Å². The minimum atomic E-state index is -4.51. The van der Waals surface area contributed by atoms with Gasteiger partial charge in [0.05, 0.1) is 17.4 Å². The van der Waals surface area contributed by atoms with Crippen LogP contribution in [0.25, 0.3) is 11.0 Å². The van der Waals surface area contributed by atoms with Crippen LogP contribution in [0.1, 0.15) is 22.4 Å². The molecule has 0 spiro atoms. The normalized spacial score (nSPS) is 11.7. The molecule has 1 amide bonds. The molecule has 0 saturated heterocycles. The molecule has 5 nitrogen and oxygen atoms in total. The van der Waals surface area contributed by atoms with Crippen LogP contribution in [0, 0.1) is 13.8 Å². The highest BCUT2D eigenvalue weighted by Gasteiger charge is 2.33. The van der Waals surface area contributed by atoms with Crippen LogP contribution in [0.5, 0.6) is 0 Å². The Kier molecular flexibility index (Phi) is 4.20. The molecule has 2 heterocycles. The first-order valence-electron chi connectivity index (χ1n) is 7.52. The van der Waals surface area contributed by atoms with E-state index in [-0.39, 0.29) is 11.4 Å². The highest BCUT2D eigenvalue weighted by Crippen LogP contribution is 2.32. The van der Waals surface area contributed by atoms with Crippen LogP contribution in [0.15, 0.2) is 30.6 Å². The predicted octanol–water partition coefficient (Wildman–Crippen LogP) is 3.77. The van der Waals surface area contributed by atoms with Crippen molar-refractivity contribution >= 4 is 22.8 Å². The lowest BCUT2D eigenvalue weighted by molar-refractivity contribution is -0.138. The summed E-state index contributed by atoms with van der Waals surface area (Å²) in [5, 5.41) is 3.24. The molecule has 0 saturated carbocycles. The number of nitrogens with zero attached hydrogens (tertiary/aromatic N) is 2. The number of hydrogen-bond donors (Lipinski definition) is 2. The molecular formula is C17H15F3N4O. The van der Waals surface area contributed by atoms with Gasteiger partial charge in [0.1, 0.15) is 17.8 Å². The van der Waals surface area contributed by atoms with Crippen molar-refractivity contribution in [3.8, 4) is 0 Å². The quantitative estimate of drug-likeness (QED) is 0.757. The Morgan fingerprint density at radius 3 is 2.64 bits per heavy atom. The predicted molar refractivity (Wildman–Crippen MR) is 87.1 cm³/mol. The molecule has 0 radical (unpaired) electrons. The maximum Gasteiger partial charge on any atom is 0.416 e. The fraction of sp³-hybridized carbons (Fsp3) is 0.235. The van der Waals surface area contributed by atoms with Crippen molar-refractivity contribution in [2.45, 2.75) is 26.4 Å². The number of hydrogen-bond acceptors (Lipinski definition) is 3. The van der Waals surface area contributed by atoms with E-state index in [1.807, 2.05) is 13.8 Å². The molecule has 0 atom stereocenters. The molecule has 0 aliphatic heterocycles. The number of carbonyl (C=O) groups is 1. The van der Waals surface area contributed by atoms with E-state index < -0.39 is 24.1 Å². The third kappa shape index (κ3) is 3.33. The zero-order valence-electron chi connectivity index (χ0n) is 13.5. The van der Waals surface area contributed by atoms with E-state index in [9.17, 15) is 18.0 Å². The van der Waals surface area contributed by atoms with Gasteiger partial charge in [0.15, 0.2) is 0 Å². The van der Waals surface area contributed by atoms with Crippen LogP contribution >= 0.6 is 0 Å². The summed E-state index contributed by atoms with van der Waals surface area (Å²) in [6, 6.07) is 5.03. The highest BCUT2D eigenvalue weighted by molar-refractivity contribution is 6.00. The first kappa shape index (κ1) is 16.9. The number of aryl methyl sites for hydroxylation is 2. The van der Waals surface area contributed by atoms with Gasteiger partial charge in [-0.25, -0.2) is 9.97 Å². The van der Waals surface area contributed by atoms with Gasteiger partial charge in [-0.15, -0.1) is 0 Å². The summed E-state index contributed by atoms with van der Waals surface area (Å²) in [6.45, 7) is 3.72. The molecule has 3 rings (SSSR count). The molecule has 2 N–H and O–H groups in total. The minimum absolute atomic E-state index is 0.0835. The summed E-state index contributed by atoms with van der Waals surface area (Å²) in [4.78, 5) is 23.5. The molecule has 0 unspecified atom stereocenters. The van der Waals surface area contributed by atoms with Crippen molar-refractivity contribution in [3.63, 3.8) is 0 Å². The van der Waals surface area contributed by atoms with Gasteiger partial charge in [-0.1, -0.05) is 18.2 Å². The Bertz CT molecular complexity index is 947. The summed E-state index contributed by atoms with van der Waals surface area (Å²) < 4.78 is 39.1. The average Bonchev–Trinajstić information content (AvgIpc) is 2.82. The van der Waals surface area contributed by atoms with Crippen LogP contribution in [0.3, 0.4) is 0 Å². The van der Waals surface area contributed by atoms with Gasteiger partial charge in [0.2, 0.25) is 5.91 Å². The van der Waals surface area contributed by atoms with Crippen LogP contribution in [-0.4, -0.2) is 20.9 Å². The van der Waals surface area contributed by atoms with Crippen molar-refractivity contribution in [3.05, 3.63) is 53.0 Å². The second-order valence-corrected chi connectivity index (χ2v) is 5.70. The first-order chi connectivity index (χ1) is 11.8. The molecule has 25 heavy (non-hydrogen) atoms. The Balaban J connectivity index is 1.88. The van der Waals surface area contributed by atoms with Crippen LogP contribution < -0.4 is 5.32 Å². The van der Waals surface area contributed by atoms with Gasteiger partial charge < -0.3 is 10.3 Å². The summed E-state index contributed by atoms with van der Waals surface area (Å²) in [5.41, 5.74) is 1.43. The average molecular weight is 348 g/mol. The molecular weight excluding hydrogens is 333 g/mol. The number of alkyl halides is 3. The number of nitrogens with one attached hydrogen (secondary N) is 2. The topological polar surface area (TPSA) is 70.7 Å². The van der Waals surface area contributed by atoms with Crippen LogP contribution in [0.4, 0.5) is 19.0 Å². The van der Waals surface area contributed by atoms with Crippen molar-refractivity contribution in [2.75, 3.05) is 5.32 Å². The Morgan fingerprint density at radius 2 is 1.92 bits per heavy atom. The summed E-state index contributed by atoms with van der Waals surface area (Å²) in [7, 11) is 0. The largest absolute Gasteiger partial charge is 0.416 e. The zero-order valence-corrected chi connectivity index (χ0v) is 13.5. The molecule has 0 fully saturated rings. The van der Waals surface area contributed by atoms with E-state index in [1.54, 1.807) is 0 Å². The van der Waals surface area contributed by atoms with E-state index in [1.165, 1.54) is 24.5 Å². The standard InChI is InChI=1S/C17H15F3N4O/c1-9-10(2)23-15-14(9)16(22-8-21-15)24-13(25)7-11-5-3-4-6-12(11)17(18,19)20/h3-6,8H,7H2,1-2H3,(H2,21,22,23,24,25). The lowest BCUT2D eigenvalue weighted by atomic mass is 10.0. The van der Waals surface area contributed by atoms with Crippen molar-refractivity contribution in [2.24, 2.45) is 0 Å².